The highest BCUT2D eigenvalue weighted by Gasteiger charge is 2.17. The van der Waals surface area contributed by atoms with Gasteiger partial charge in [0.2, 0.25) is 0 Å². The number of hydrogen-bond acceptors (Lipinski definition) is 6. The van der Waals surface area contributed by atoms with E-state index in [4.69, 9.17) is 5.26 Å². The van der Waals surface area contributed by atoms with E-state index >= 15 is 0 Å². The first-order valence-corrected chi connectivity index (χ1v) is 7.55. The van der Waals surface area contributed by atoms with E-state index in [0.717, 1.165) is 29.5 Å². The van der Waals surface area contributed by atoms with Gasteiger partial charge in [-0.05, 0) is 31.5 Å². The van der Waals surface area contributed by atoms with Gasteiger partial charge in [-0.15, -0.1) is 11.3 Å². The van der Waals surface area contributed by atoms with Crippen LogP contribution in [0, 0.1) is 11.3 Å². The molecule has 0 saturated carbocycles. The highest BCUT2D eigenvalue weighted by molar-refractivity contribution is 7.13. The fourth-order valence-corrected chi connectivity index (χ4v) is 3.05. The molecule has 2 aromatic rings. The number of nitrogens with one attached hydrogen (secondary N) is 2. The van der Waals surface area contributed by atoms with Crippen molar-refractivity contribution in [1.82, 2.24) is 15.3 Å². The molecule has 1 unspecified atom stereocenters. The fourth-order valence-electron chi connectivity index (χ4n) is 2.27. The Morgan fingerprint density at radius 1 is 1.40 bits per heavy atom. The van der Waals surface area contributed by atoms with E-state index < -0.39 is 0 Å². The molecule has 0 aliphatic carbocycles. The van der Waals surface area contributed by atoms with Crippen LogP contribution in [0.15, 0.2) is 23.7 Å². The van der Waals surface area contributed by atoms with Crippen LogP contribution < -0.4 is 10.6 Å². The van der Waals surface area contributed by atoms with Gasteiger partial charge in [-0.25, -0.2) is 9.97 Å². The third kappa shape index (κ3) is 2.95. The summed E-state index contributed by atoms with van der Waals surface area (Å²) in [6.45, 7) is 1.07. The predicted octanol–water partition coefficient (Wildman–Crippen LogP) is 2.97. The number of nitriles is 1. The molecule has 2 N–H and O–H groups in total. The zero-order valence-corrected chi connectivity index (χ0v) is 11.8. The van der Waals surface area contributed by atoms with E-state index in [1.54, 1.807) is 23.6 Å². The second kappa shape index (κ2) is 5.99. The highest BCUT2D eigenvalue weighted by atomic mass is 32.1. The lowest BCUT2D eigenvalue weighted by molar-refractivity contribution is 0.407. The number of aromatic nitrogens is 2. The number of anilines is 2. The largest absolute Gasteiger partial charge is 0.330 e. The van der Waals surface area contributed by atoms with Crippen LogP contribution in [-0.4, -0.2) is 16.5 Å². The second-order valence-electron chi connectivity index (χ2n) is 4.75. The fraction of sp³-hybridized carbons (Fsp3) is 0.357. The Bertz CT molecular complexity index is 607. The minimum atomic E-state index is 0.384. The van der Waals surface area contributed by atoms with Crippen molar-refractivity contribution in [3.8, 4) is 6.07 Å². The van der Waals surface area contributed by atoms with Crippen molar-refractivity contribution in [3.05, 3.63) is 35.1 Å². The Morgan fingerprint density at radius 2 is 2.35 bits per heavy atom. The van der Waals surface area contributed by atoms with Crippen LogP contribution >= 0.6 is 11.3 Å². The molecule has 2 aromatic heterocycles. The lowest BCUT2D eigenvalue weighted by Crippen LogP contribution is -2.26. The summed E-state index contributed by atoms with van der Waals surface area (Å²) in [5.74, 6) is 0. The maximum absolute atomic E-state index is 8.72. The molecular formula is C14H15N5S. The van der Waals surface area contributed by atoms with Crippen LogP contribution in [0.5, 0.6) is 0 Å². The van der Waals surface area contributed by atoms with Gasteiger partial charge in [-0.2, -0.15) is 5.26 Å². The summed E-state index contributed by atoms with van der Waals surface area (Å²) < 4.78 is 0. The molecule has 20 heavy (non-hydrogen) atoms. The third-order valence-corrected chi connectivity index (χ3v) is 4.09. The minimum absolute atomic E-state index is 0.384. The number of pyridine rings is 1. The molecule has 5 nitrogen and oxygen atoms in total. The zero-order chi connectivity index (χ0) is 13.8. The van der Waals surface area contributed by atoms with E-state index in [1.165, 1.54) is 12.8 Å². The third-order valence-electron chi connectivity index (χ3n) is 3.32. The second-order valence-corrected chi connectivity index (χ2v) is 5.61. The Balaban J connectivity index is 1.68. The van der Waals surface area contributed by atoms with E-state index in [2.05, 4.69) is 26.0 Å². The molecule has 1 atom stereocenters. The molecule has 0 radical (unpaired) electrons. The van der Waals surface area contributed by atoms with Gasteiger partial charge in [-0.1, -0.05) is 6.42 Å². The molecule has 1 aliphatic heterocycles. The van der Waals surface area contributed by atoms with Gasteiger partial charge >= 0.3 is 0 Å². The monoisotopic (exact) mass is 285 g/mol. The van der Waals surface area contributed by atoms with Gasteiger partial charge in [0, 0.05) is 5.38 Å². The van der Waals surface area contributed by atoms with Crippen LogP contribution in [0.2, 0.25) is 0 Å². The summed E-state index contributed by atoms with van der Waals surface area (Å²) in [6.07, 6.45) is 5.32. The summed E-state index contributed by atoms with van der Waals surface area (Å²) in [5, 5.41) is 18.4. The van der Waals surface area contributed by atoms with Crippen LogP contribution in [0.4, 0.5) is 10.8 Å². The molecule has 0 bridgehead atoms. The van der Waals surface area contributed by atoms with E-state index in [1.807, 2.05) is 12.1 Å². The zero-order valence-electron chi connectivity index (χ0n) is 11.0. The van der Waals surface area contributed by atoms with Crippen LogP contribution in [0.1, 0.15) is 36.7 Å². The first-order chi connectivity index (χ1) is 9.85. The van der Waals surface area contributed by atoms with Gasteiger partial charge in [0.05, 0.1) is 23.6 Å². The van der Waals surface area contributed by atoms with Gasteiger partial charge < -0.3 is 10.6 Å². The van der Waals surface area contributed by atoms with Crippen molar-refractivity contribution in [2.45, 2.75) is 25.3 Å². The Kier molecular flexibility index (Phi) is 3.90. The molecule has 0 spiro atoms. The normalized spacial score (nSPS) is 18.4. The molecule has 6 heteroatoms. The van der Waals surface area contributed by atoms with Crippen molar-refractivity contribution in [1.29, 1.82) is 5.26 Å². The Morgan fingerprint density at radius 3 is 3.05 bits per heavy atom. The summed E-state index contributed by atoms with van der Waals surface area (Å²) in [5.41, 5.74) is 2.38. The maximum atomic E-state index is 8.72. The van der Waals surface area contributed by atoms with Gasteiger partial charge in [0.1, 0.15) is 11.8 Å². The van der Waals surface area contributed by atoms with Crippen molar-refractivity contribution < 1.29 is 0 Å². The van der Waals surface area contributed by atoms with Crippen LogP contribution in [0.25, 0.3) is 0 Å². The molecule has 102 valence electrons. The lowest BCUT2D eigenvalue weighted by Gasteiger charge is -2.21. The van der Waals surface area contributed by atoms with Crippen molar-refractivity contribution >= 4 is 22.2 Å². The molecule has 0 aromatic carbocycles. The quantitative estimate of drug-likeness (QED) is 0.907. The molecule has 3 heterocycles. The Hall–Kier alpha value is -1.97. The number of hydrogen-bond donors (Lipinski definition) is 2. The van der Waals surface area contributed by atoms with E-state index in [-0.39, 0.29) is 0 Å². The number of nitrogens with zero attached hydrogens (tertiary/aromatic N) is 3. The highest BCUT2D eigenvalue weighted by Crippen LogP contribution is 2.27. The first kappa shape index (κ1) is 13.0. The summed E-state index contributed by atoms with van der Waals surface area (Å²) in [4.78, 5) is 8.65. The van der Waals surface area contributed by atoms with Gasteiger partial charge in [0.25, 0.3) is 0 Å². The minimum Gasteiger partial charge on any atom is -0.330 e. The topological polar surface area (TPSA) is 73.6 Å². The molecule has 0 amide bonds. The molecule has 1 aliphatic rings. The predicted molar refractivity (Wildman–Crippen MR) is 78.9 cm³/mol. The van der Waals surface area contributed by atoms with Crippen molar-refractivity contribution in [3.63, 3.8) is 0 Å². The van der Waals surface area contributed by atoms with Crippen molar-refractivity contribution in [2.24, 2.45) is 0 Å². The smallest absolute Gasteiger partial charge is 0.187 e. The van der Waals surface area contributed by atoms with E-state index in [0.29, 0.717) is 11.7 Å². The summed E-state index contributed by atoms with van der Waals surface area (Å²) in [7, 11) is 0. The van der Waals surface area contributed by atoms with E-state index in [9.17, 15) is 0 Å². The average Bonchev–Trinajstić information content (AvgIpc) is 2.97. The maximum Gasteiger partial charge on any atom is 0.187 e. The average molecular weight is 285 g/mol. The van der Waals surface area contributed by atoms with Gasteiger partial charge in [-0.3, -0.25) is 0 Å². The Labute approximate surface area is 121 Å². The number of thiazole rings is 1. The summed E-state index contributed by atoms with van der Waals surface area (Å²) >= 11 is 1.59. The summed E-state index contributed by atoms with van der Waals surface area (Å²) in [6, 6.07) is 5.92. The van der Waals surface area contributed by atoms with Crippen molar-refractivity contribution in [2.75, 3.05) is 11.9 Å². The molecule has 3 rings (SSSR count). The number of rotatable bonds is 3. The van der Waals surface area contributed by atoms with Crippen LogP contribution in [0.3, 0.4) is 0 Å². The first-order valence-electron chi connectivity index (χ1n) is 6.67. The number of piperidine rings is 1. The van der Waals surface area contributed by atoms with Crippen LogP contribution in [-0.2, 0) is 0 Å². The molecule has 1 saturated heterocycles. The lowest BCUT2D eigenvalue weighted by atomic mass is 10.0. The molecular weight excluding hydrogens is 270 g/mol. The SMILES string of the molecule is N#Cc1ccc(Nc2nc(C3CCCCN3)cs2)cn1. The van der Waals surface area contributed by atoms with Gasteiger partial charge in [0.15, 0.2) is 5.13 Å². The standard InChI is InChI=1S/C14H15N5S/c15-7-10-4-5-11(8-17-10)18-14-19-13(9-20-14)12-3-1-2-6-16-12/h4-5,8-9,12,16H,1-3,6H2,(H,18,19). The molecule has 1 fully saturated rings.